The zero-order valence-electron chi connectivity index (χ0n) is 5.97. The lowest BCUT2D eigenvalue weighted by molar-refractivity contribution is -0.0453. The van der Waals surface area contributed by atoms with E-state index < -0.39 is 23.4 Å². The fourth-order valence-corrected chi connectivity index (χ4v) is 0.873. The molecule has 0 aliphatic heterocycles. The molecule has 0 fully saturated rings. The molecule has 5 heteroatoms. The van der Waals surface area contributed by atoms with Crippen LogP contribution in [0.5, 0.6) is 17.2 Å². The number of phenols is 3. The molecule has 0 radical (unpaired) electrons. The summed E-state index contributed by atoms with van der Waals surface area (Å²) < 4.78 is 0. The lowest BCUT2D eigenvalue weighted by Crippen LogP contribution is -1.95. The van der Waals surface area contributed by atoms with Crippen LogP contribution in [0.4, 0.5) is 0 Å². The van der Waals surface area contributed by atoms with E-state index in [-0.39, 0.29) is 5.75 Å². The van der Waals surface area contributed by atoms with Crippen molar-refractivity contribution >= 4 is 0 Å². The number of aliphatic hydroxyl groups is 2. The highest BCUT2D eigenvalue weighted by Gasteiger charge is 2.15. The molecule has 0 aliphatic rings. The second kappa shape index (κ2) is 2.88. The van der Waals surface area contributed by atoms with Crippen molar-refractivity contribution in [2.75, 3.05) is 0 Å². The van der Waals surface area contributed by atoms with Crippen LogP contribution in [0.3, 0.4) is 0 Å². The number of benzene rings is 1. The summed E-state index contributed by atoms with van der Waals surface area (Å²) in [6.45, 7) is 0. The molecule has 1 aromatic carbocycles. The Hall–Kier alpha value is -1.46. The Bertz CT molecular complexity index is 271. The zero-order chi connectivity index (χ0) is 9.30. The summed E-state index contributed by atoms with van der Waals surface area (Å²) in [6, 6.07) is 1.79. The molecule has 0 amide bonds. The van der Waals surface area contributed by atoms with Gasteiger partial charge in [-0.3, -0.25) is 0 Å². The van der Waals surface area contributed by atoms with Crippen molar-refractivity contribution in [2.45, 2.75) is 6.29 Å². The van der Waals surface area contributed by atoms with Crippen LogP contribution in [-0.2, 0) is 0 Å². The fourth-order valence-electron chi connectivity index (χ4n) is 0.873. The third-order valence-corrected chi connectivity index (χ3v) is 1.38. The molecule has 12 heavy (non-hydrogen) atoms. The number of rotatable bonds is 1. The van der Waals surface area contributed by atoms with E-state index in [0.29, 0.717) is 0 Å². The molecule has 66 valence electrons. The molecule has 0 saturated carbocycles. The Morgan fingerprint density at radius 1 is 0.917 bits per heavy atom. The highest BCUT2D eigenvalue weighted by atomic mass is 16.5. The van der Waals surface area contributed by atoms with Crippen molar-refractivity contribution in [3.63, 3.8) is 0 Å². The topological polar surface area (TPSA) is 101 Å². The predicted molar refractivity (Wildman–Crippen MR) is 38.6 cm³/mol. The van der Waals surface area contributed by atoms with E-state index in [1.165, 1.54) is 0 Å². The summed E-state index contributed by atoms with van der Waals surface area (Å²) in [5.74, 6) is -1.49. The first-order valence-electron chi connectivity index (χ1n) is 3.13. The molecule has 1 rings (SSSR count). The first kappa shape index (κ1) is 8.63. The number of aliphatic hydroxyl groups excluding tert-OH is 1. The van der Waals surface area contributed by atoms with Crippen molar-refractivity contribution in [1.29, 1.82) is 0 Å². The SMILES string of the molecule is Oc1cc(O)c(C(O)O)c(O)c1. The zero-order valence-corrected chi connectivity index (χ0v) is 5.97. The maximum absolute atomic E-state index is 9.00. The van der Waals surface area contributed by atoms with Crippen LogP contribution in [0.15, 0.2) is 12.1 Å². The minimum atomic E-state index is -1.97. The molecule has 0 unspecified atom stereocenters. The van der Waals surface area contributed by atoms with Gasteiger partial charge in [0.2, 0.25) is 0 Å². The van der Waals surface area contributed by atoms with Crippen LogP contribution in [0, 0.1) is 0 Å². The first-order valence-corrected chi connectivity index (χ1v) is 3.13. The lowest BCUT2D eigenvalue weighted by Gasteiger charge is -2.08. The van der Waals surface area contributed by atoms with Crippen molar-refractivity contribution in [3.05, 3.63) is 17.7 Å². The van der Waals surface area contributed by atoms with Gasteiger partial charge in [0.1, 0.15) is 17.2 Å². The van der Waals surface area contributed by atoms with E-state index in [1.54, 1.807) is 0 Å². The van der Waals surface area contributed by atoms with Gasteiger partial charge in [-0.2, -0.15) is 0 Å². The van der Waals surface area contributed by atoms with Crippen LogP contribution in [-0.4, -0.2) is 25.5 Å². The molecule has 0 saturated heterocycles. The number of phenolic OH excluding ortho intramolecular Hbond substituents is 3. The third-order valence-electron chi connectivity index (χ3n) is 1.38. The first-order chi connectivity index (χ1) is 5.52. The van der Waals surface area contributed by atoms with Gasteiger partial charge in [-0.15, -0.1) is 0 Å². The molecule has 5 nitrogen and oxygen atoms in total. The molecule has 0 heterocycles. The van der Waals surface area contributed by atoms with E-state index in [0.717, 1.165) is 12.1 Å². The summed E-state index contributed by atoms with van der Waals surface area (Å²) in [7, 11) is 0. The quantitative estimate of drug-likeness (QED) is 0.377. The predicted octanol–water partition coefficient (Wildman–Crippen LogP) is -0.213. The van der Waals surface area contributed by atoms with E-state index >= 15 is 0 Å². The second-order valence-electron chi connectivity index (χ2n) is 2.27. The summed E-state index contributed by atoms with van der Waals surface area (Å²) >= 11 is 0. The van der Waals surface area contributed by atoms with Gasteiger partial charge < -0.3 is 25.5 Å². The van der Waals surface area contributed by atoms with Crippen LogP contribution < -0.4 is 0 Å². The van der Waals surface area contributed by atoms with Gasteiger partial charge in [0.15, 0.2) is 6.29 Å². The van der Waals surface area contributed by atoms with Crippen molar-refractivity contribution in [1.82, 2.24) is 0 Å². The molecule has 5 N–H and O–H groups in total. The van der Waals surface area contributed by atoms with Crippen molar-refractivity contribution < 1.29 is 25.5 Å². The molecule has 0 aliphatic carbocycles. The standard InChI is InChI=1S/C7H8O5/c8-3-1-4(9)6(7(11)12)5(10)2-3/h1-2,7-12H. The summed E-state index contributed by atoms with van der Waals surface area (Å²) in [5, 5.41) is 44.1. The number of aromatic hydroxyl groups is 3. The van der Waals surface area contributed by atoms with Gasteiger partial charge in [0.25, 0.3) is 0 Å². The maximum Gasteiger partial charge on any atom is 0.185 e. The average molecular weight is 172 g/mol. The Morgan fingerprint density at radius 2 is 1.33 bits per heavy atom. The number of hydrogen-bond donors (Lipinski definition) is 5. The maximum atomic E-state index is 9.00. The largest absolute Gasteiger partial charge is 0.508 e. The highest BCUT2D eigenvalue weighted by Crippen LogP contribution is 2.35. The van der Waals surface area contributed by atoms with Gasteiger partial charge in [0, 0.05) is 12.1 Å². The molecular formula is C7H8O5. The van der Waals surface area contributed by atoms with Gasteiger partial charge in [-0.1, -0.05) is 0 Å². The Labute approximate surface area is 67.8 Å². The summed E-state index contributed by atoms with van der Waals surface area (Å²) in [4.78, 5) is 0. The summed E-state index contributed by atoms with van der Waals surface area (Å²) in [6.07, 6.45) is -1.97. The lowest BCUT2D eigenvalue weighted by atomic mass is 10.1. The molecule has 0 atom stereocenters. The summed E-state index contributed by atoms with van der Waals surface area (Å²) in [5.41, 5.74) is -0.423. The monoisotopic (exact) mass is 172 g/mol. The van der Waals surface area contributed by atoms with Gasteiger partial charge in [-0.05, 0) is 0 Å². The Kier molecular flexibility index (Phi) is 2.07. The van der Waals surface area contributed by atoms with Crippen molar-refractivity contribution in [3.8, 4) is 17.2 Å². The molecule has 0 bridgehead atoms. The van der Waals surface area contributed by atoms with E-state index in [2.05, 4.69) is 0 Å². The van der Waals surface area contributed by atoms with Crippen molar-refractivity contribution in [2.24, 2.45) is 0 Å². The minimum Gasteiger partial charge on any atom is -0.508 e. The number of hydrogen-bond acceptors (Lipinski definition) is 5. The molecule has 0 spiro atoms. The molecular weight excluding hydrogens is 164 g/mol. The van der Waals surface area contributed by atoms with E-state index in [9.17, 15) is 0 Å². The minimum absolute atomic E-state index is 0.352. The van der Waals surface area contributed by atoms with E-state index in [4.69, 9.17) is 25.5 Å². The molecule has 1 aromatic rings. The van der Waals surface area contributed by atoms with Gasteiger partial charge >= 0.3 is 0 Å². The van der Waals surface area contributed by atoms with Crippen LogP contribution in [0.1, 0.15) is 11.9 Å². The third kappa shape index (κ3) is 1.41. The Morgan fingerprint density at radius 3 is 1.67 bits per heavy atom. The average Bonchev–Trinajstić information content (AvgIpc) is 1.82. The smallest absolute Gasteiger partial charge is 0.185 e. The normalized spacial score (nSPS) is 10.6. The van der Waals surface area contributed by atoms with Gasteiger partial charge in [0.05, 0.1) is 5.56 Å². The highest BCUT2D eigenvalue weighted by molar-refractivity contribution is 5.49. The molecule has 0 aromatic heterocycles. The second-order valence-corrected chi connectivity index (χ2v) is 2.27. The Balaban J connectivity index is 3.28. The van der Waals surface area contributed by atoms with Crippen LogP contribution in [0.2, 0.25) is 0 Å². The van der Waals surface area contributed by atoms with Gasteiger partial charge in [-0.25, -0.2) is 0 Å². The van der Waals surface area contributed by atoms with Crippen LogP contribution in [0.25, 0.3) is 0 Å². The fraction of sp³-hybridized carbons (Fsp3) is 0.143. The van der Waals surface area contributed by atoms with Crippen LogP contribution >= 0.6 is 0 Å². The van der Waals surface area contributed by atoms with E-state index in [1.807, 2.05) is 0 Å².